The Hall–Kier alpha value is -2.67. The molecule has 1 saturated heterocycles. The number of aromatic nitrogens is 2. The van der Waals surface area contributed by atoms with Crippen LogP contribution in [0.5, 0.6) is 0 Å². The van der Waals surface area contributed by atoms with Gasteiger partial charge >= 0.3 is 0 Å². The Bertz CT molecular complexity index is 802. The van der Waals surface area contributed by atoms with Crippen LogP contribution in [0.4, 0.5) is 0 Å². The summed E-state index contributed by atoms with van der Waals surface area (Å²) >= 11 is 0. The molecule has 1 atom stereocenters. The van der Waals surface area contributed by atoms with E-state index in [9.17, 15) is 9.59 Å². The van der Waals surface area contributed by atoms with Gasteiger partial charge in [-0.15, -0.1) is 0 Å². The molecule has 3 rings (SSSR count). The van der Waals surface area contributed by atoms with E-state index >= 15 is 0 Å². The predicted molar refractivity (Wildman–Crippen MR) is 103 cm³/mol. The molecule has 0 saturated carbocycles. The molecule has 0 radical (unpaired) electrons. The molecule has 7 nitrogen and oxygen atoms in total. The number of hydrogen-bond donors (Lipinski definition) is 1. The smallest absolute Gasteiger partial charge is 0.245 e. The first-order valence-corrected chi connectivity index (χ1v) is 9.30. The molecule has 2 aromatic rings. The van der Waals surface area contributed by atoms with Crippen molar-refractivity contribution in [1.29, 1.82) is 0 Å². The molecule has 1 unspecified atom stereocenters. The number of nitrogens with two attached hydrogens (primary N) is 1. The van der Waals surface area contributed by atoms with Crippen LogP contribution in [0.2, 0.25) is 0 Å². The molecule has 2 amide bonds. The molecule has 2 N–H and O–H groups in total. The summed E-state index contributed by atoms with van der Waals surface area (Å²) in [5.74, 6) is -0.575. The summed E-state index contributed by atoms with van der Waals surface area (Å²) in [4.78, 5) is 28.6. The van der Waals surface area contributed by atoms with Crippen molar-refractivity contribution in [2.45, 2.75) is 32.9 Å². The average molecular weight is 369 g/mol. The first kappa shape index (κ1) is 19.1. The number of amides is 2. The van der Waals surface area contributed by atoms with Gasteiger partial charge in [0.15, 0.2) is 0 Å². The lowest BCUT2D eigenvalue weighted by Crippen LogP contribution is -2.60. The van der Waals surface area contributed by atoms with Crippen molar-refractivity contribution in [3.05, 3.63) is 53.3 Å². The molecule has 1 aromatic heterocycles. The molecule has 0 spiro atoms. The largest absolute Gasteiger partial charge is 0.368 e. The summed E-state index contributed by atoms with van der Waals surface area (Å²) in [6.07, 6.45) is 0.909. The number of hydrogen-bond acceptors (Lipinski definition) is 4. The quantitative estimate of drug-likeness (QED) is 0.814. The molecule has 1 fully saturated rings. The van der Waals surface area contributed by atoms with E-state index in [0.717, 1.165) is 30.9 Å². The van der Waals surface area contributed by atoms with Crippen LogP contribution in [0.1, 0.15) is 17.0 Å². The first-order valence-electron chi connectivity index (χ1n) is 9.30. The number of nitrogens with zero attached hydrogens (tertiary/aromatic N) is 4. The number of benzene rings is 1. The summed E-state index contributed by atoms with van der Waals surface area (Å²) in [7, 11) is 0. The van der Waals surface area contributed by atoms with Crippen molar-refractivity contribution >= 4 is 11.8 Å². The minimum absolute atomic E-state index is 0.118. The first-order chi connectivity index (χ1) is 12.9. The van der Waals surface area contributed by atoms with Gasteiger partial charge < -0.3 is 10.6 Å². The second-order valence-electron chi connectivity index (χ2n) is 7.13. The molecular formula is C20H27N5O2. The Labute approximate surface area is 159 Å². The zero-order valence-electron chi connectivity index (χ0n) is 16.0. The predicted octanol–water partition coefficient (Wildman–Crippen LogP) is 0.741. The van der Waals surface area contributed by atoms with Gasteiger partial charge in [-0.25, -0.2) is 0 Å². The Kier molecular flexibility index (Phi) is 5.91. The van der Waals surface area contributed by atoms with E-state index < -0.39 is 11.9 Å². The molecule has 7 heteroatoms. The summed E-state index contributed by atoms with van der Waals surface area (Å²) in [5, 5.41) is 4.34. The van der Waals surface area contributed by atoms with Crippen molar-refractivity contribution in [3.8, 4) is 0 Å². The second kappa shape index (κ2) is 8.35. The van der Waals surface area contributed by atoms with Gasteiger partial charge in [0, 0.05) is 31.9 Å². The van der Waals surface area contributed by atoms with Gasteiger partial charge in [0.25, 0.3) is 0 Å². The highest BCUT2D eigenvalue weighted by atomic mass is 16.2. The average Bonchev–Trinajstić information content (AvgIpc) is 2.97. The molecule has 0 bridgehead atoms. The van der Waals surface area contributed by atoms with Crippen LogP contribution in [-0.2, 0) is 22.6 Å². The number of carbonyl (C=O) groups is 2. The third-order valence-corrected chi connectivity index (χ3v) is 5.06. The number of piperazine rings is 1. The Morgan fingerprint density at radius 2 is 1.93 bits per heavy atom. The van der Waals surface area contributed by atoms with Crippen LogP contribution < -0.4 is 5.73 Å². The molecule has 2 heterocycles. The van der Waals surface area contributed by atoms with Gasteiger partial charge in [0.1, 0.15) is 12.6 Å². The standard InChI is InChI=1S/C20H27N5O2/c1-15-12-16(2)25(22-15)14-19(26)24-11-10-23(13-18(24)20(21)27)9-8-17-6-4-3-5-7-17/h3-7,12,18H,8-11,13-14H2,1-2H3,(H2,21,27). The highest BCUT2D eigenvalue weighted by Gasteiger charge is 2.34. The number of carbonyl (C=O) groups excluding carboxylic acids is 2. The van der Waals surface area contributed by atoms with E-state index in [4.69, 9.17) is 5.73 Å². The molecule has 1 aliphatic rings. The molecular weight excluding hydrogens is 342 g/mol. The van der Waals surface area contributed by atoms with Gasteiger partial charge in [-0.1, -0.05) is 30.3 Å². The molecule has 144 valence electrons. The molecule has 1 aromatic carbocycles. The number of primary amides is 1. The lowest BCUT2D eigenvalue weighted by molar-refractivity contribution is -0.143. The van der Waals surface area contributed by atoms with Crippen LogP contribution in [-0.4, -0.2) is 63.6 Å². The van der Waals surface area contributed by atoms with E-state index in [1.165, 1.54) is 5.56 Å². The number of aryl methyl sites for hydroxylation is 2. The Balaban J connectivity index is 1.61. The van der Waals surface area contributed by atoms with Crippen molar-refractivity contribution in [1.82, 2.24) is 19.6 Å². The van der Waals surface area contributed by atoms with E-state index in [-0.39, 0.29) is 12.5 Å². The zero-order chi connectivity index (χ0) is 19.4. The maximum Gasteiger partial charge on any atom is 0.245 e. The molecule has 1 aliphatic heterocycles. The van der Waals surface area contributed by atoms with Crippen molar-refractivity contribution in [2.75, 3.05) is 26.2 Å². The second-order valence-corrected chi connectivity index (χ2v) is 7.13. The van der Waals surface area contributed by atoms with Crippen molar-refractivity contribution < 1.29 is 9.59 Å². The number of rotatable bonds is 6. The summed E-state index contributed by atoms with van der Waals surface area (Å²) < 4.78 is 1.68. The molecule has 27 heavy (non-hydrogen) atoms. The van der Waals surface area contributed by atoms with Crippen LogP contribution in [0.3, 0.4) is 0 Å². The van der Waals surface area contributed by atoms with E-state index in [0.29, 0.717) is 13.1 Å². The maximum absolute atomic E-state index is 12.8. The Morgan fingerprint density at radius 3 is 2.56 bits per heavy atom. The van der Waals surface area contributed by atoms with Crippen LogP contribution in [0.15, 0.2) is 36.4 Å². The third kappa shape index (κ3) is 4.74. The van der Waals surface area contributed by atoms with E-state index in [1.807, 2.05) is 38.1 Å². The van der Waals surface area contributed by atoms with Crippen LogP contribution in [0, 0.1) is 13.8 Å². The van der Waals surface area contributed by atoms with Crippen molar-refractivity contribution in [3.63, 3.8) is 0 Å². The molecule has 0 aliphatic carbocycles. The minimum Gasteiger partial charge on any atom is -0.368 e. The van der Waals surface area contributed by atoms with E-state index in [1.54, 1.807) is 9.58 Å². The fourth-order valence-corrected chi connectivity index (χ4v) is 3.57. The zero-order valence-corrected chi connectivity index (χ0v) is 16.0. The normalized spacial score (nSPS) is 17.9. The van der Waals surface area contributed by atoms with Crippen LogP contribution in [0.25, 0.3) is 0 Å². The fourth-order valence-electron chi connectivity index (χ4n) is 3.57. The third-order valence-electron chi connectivity index (χ3n) is 5.06. The fraction of sp³-hybridized carbons (Fsp3) is 0.450. The lowest BCUT2D eigenvalue weighted by Gasteiger charge is -2.40. The van der Waals surface area contributed by atoms with Gasteiger partial charge in [0.2, 0.25) is 11.8 Å². The van der Waals surface area contributed by atoms with Gasteiger partial charge in [0.05, 0.1) is 5.69 Å². The topological polar surface area (TPSA) is 84.5 Å². The maximum atomic E-state index is 12.8. The SMILES string of the molecule is Cc1cc(C)n(CC(=O)N2CCN(CCc3ccccc3)CC2C(N)=O)n1. The van der Waals surface area contributed by atoms with Crippen LogP contribution >= 0.6 is 0 Å². The van der Waals surface area contributed by atoms with Gasteiger partial charge in [-0.2, -0.15) is 5.10 Å². The highest BCUT2D eigenvalue weighted by molar-refractivity contribution is 5.87. The van der Waals surface area contributed by atoms with Gasteiger partial charge in [-0.3, -0.25) is 19.2 Å². The highest BCUT2D eigenvalue weighted by Crippen LogP contribution is 2.13. The summed E-state index contributed by atoms with van der Waals surface area (Å²) in [5.41, 5.74) is 8.67. The summed E-state index contributed by atoms with van der Waals surface area (Å²) in [6, 6.07) is 11.6. The van der Waals surface area contributed by atoms with E-state index in [2.05, 4.69) is 22.1 Å². The summed E-state index contributed by atoms with van der Waals surface area (Å²) in [6.45, 7) is 6.50. The monoisotopic (exact) mass is 369 g/mol. The lowest BCUT2D eigenvalue weighted by atomic mass is 10.1. The Morgan fingerprint density at radius 1 is 1.19 bits per heavy atom. The van der Waals surface area contributed by atoms with Crippen molar-refractivity contribution in [2.24, 2.45) is 5.73 Å². The minimum atomic E-state index is -0.598. The van der Waals surface area contributed by atoms with Gasteiger partial charge in [-0.05, 0) is 31.9 Å².